The first-order valence-corrected chi connectivity index (χ1v) is 10.9. The van der Waals surface area contributed by atoms with Gasteiger partial charge in [-0.2, -0.15) is 17.0 Å². The molecular weight excluding hydrogens is 376 g/mol. The van der Waals surface area contributed by atoms with Crippen LogP contribution in [0.25, 0.3) is 0 Å². The normalized spacial score (nSPS) is 13.8. The second-order valence-electron chi connectivity index (χ2n) is 6.42. The van der Waals surface area contributed by atoms with Gasteiger partial charge in [-0.3, -0.25) is 0 Å². The molecule has 1 atom stereocenters. The molecule has 0 bridgehead atoms. The Hall–Kier alpha value is -0.920. The molecule has 25 heavy (non-hydrogen) atoms. The molecule has 0 radical (unpaired) electrons. The van der Waals surface area contributed by atoms with E-state index in [-0.39, 0.29) is 12.1 Å². The van der Waals surface area contributed by atoms with Gasteiger partial charge in [0.2, 0.25) is 0 Å². The van der Waals surface area contributed by atoms with E-state index in [0.717, 1.165) is 5.56 Å². The highest BCUT2D eigenvalue weighted by atomic mass is 35.5. The molecule has 0 spiro atoms. The highest BCUT2D eigenvalue weighted by Crippen LogP contribution is 2.22. The second kappa shape index (κ2) is 8.64. The van der Waals surface area contributed by atoms with Crippen molar-refractivity contribution in [3.8, 4) is 0 Å². The highest BCUT2D eigenvalue weighted by Gasteiger charge is 2.32. The first-order valence-electron chi connectivity index (χ1n) is 8.23. The van der Waals surface area contributed by atoms with Gasteiger partial charge in [-0.15, -0.1) is 11.3 Å². The minimum absolute atomic E-state index is 0.105. The Balaban J connectivity index is 2.31. The van der Waals surface area contributed by atoms with Gasteiger partial charge in [-0.25, -0.2) is 0 Å². The van der Waals surface area contributed by atoms with Crippen LogP contribution >= 0.6 is 22.9 Å². The van der Waals surface area contributed by atoms with E-state index in [2.05, 4.69) is 0 Å². The van der Waals surface area contributed by atoms with Gasteiger partial charge in [-0.05, 0) is 56.3 Å². The standard InChI is InChI=1S/C18H25ClN2O2S2/c1-14(2)20(4)25(22,23)21(13-16-7-9-17(19)10-8-16)15(3)12-18-6-5-11-24-18/h5-11,14-15H,12-13H2,1-4H3. The summed E-state index contributed by atoms with van der Waals surface area (Å²) in [4.78, 5) is 1.18. The molecule has 0 aliphatic rings. The maximum Gasteiger partial charge on any atom is 0.282 e. The third-order valence-electron chi connectivity index (χ3n) is 4.21. The molecule has 0 saturated heterocycles. The van der Waals surface area contributed by atoms with E-state index >= 15 is 0 Å². The van der Waals surface area contributed by atoms with Gasteiger partial charge >= 0.3 is 0 Å². The van der Waals surface area contributed by atoms with Gasteiger partial charge in [0, 0.05) is 35.6 Å². The molecule has 2 aromatic rings. The van der Waals surface area contributed by atoms with Gasteiger partial charge < -0.3 is 0 Å². The Bertz CT molecular complexity index is 759. The highest BCUT2D eigenvalue weighted by molar-refractivity contribution is 7.86. The molecule has 2 rings (SSSR count). The van der Waals surface area contributed by atoms with Gasteiger partial charge in [-0.1, -0.05) is 29.8 Å². The summed E-state index contributed by atoms with van der Waals surface area (Å²) < 4.78 is 29.3. The van der Waals surface area contributed by atoms with Crippen LogP contribution in [0.5, 0.6) is 0 Å². The molecule has 0 aliphatic carbocycles. The van der Waals surface area contributed by atoms with E-state index in [1.807, 2.05) is 50.4 Å². The molecule has 1 heterocycles. The maximum atomic E-state index is 13.1. The van der Waals surface area contributed by atoms with Crippen molar-refractivity contribution < 1.29 is 8.42 Å². The lowest BCUT2D eigenvalue weighted by Gasteiger charge is -2.33. The number of hydrogen-bond donors (Lipinski definition) is 0. The van der Waals surface area contributed by atoms with Crippen LogP contribution in [0.2, 0.25) is 5.02 Å². The number of rotatable bonds is 8. The van der Waals surface area contributed by atoms with E-state index in [1.165, 1.54) is 9.18 Å². The zero-order chi connectivity index (χ0) is 18.6. The largest absolute Gasteiger partial charge is 0.282 e. The number of thiophene rings is 1. The molecule has 1 aromatic carbocycles. The van der Waals surface area contributed by atoms with E-state index in [9.17, 15) is 8.42 Å². The topological polar surface area (TPSA) is 40.6 Å². The van der Waals surface area contributed by atoms with Crippen LogP contribution in [0.3, 0.4) is 0 Å². The first kappa shape index (κ1) is 20.4. The number of nitrogens with zero attached hydrogens (tertiary/aromatic N) is 2. The van der Waals surface area contributed by atoms with Crippen molar-refractivity contribution in [2.24, 2.45) is 0 Å². The summed E-state index contributed by atoms with van der Waals surface area (Å²) in [7, 11) is -1.94. The summed E-state index contributed by atoms with van der Waals surface area (Å²) in [6, 6.07) is 11.1. The zero-order valence-electron chi connectivity index (χ0n) is 15.0. The monoisotopic (exact) mass is 400 g/mol. The summed E-state index contributed by atoms with van der Waals surface area (Å²) in [5.74, 6) is 0. The summed E-state index contributed by atoms with van der Waals surface area (Å²) >= 11 is 7.60. The molecule has 4 nitrogen and oxygen atoms in total. The molecule has 0 amide bonds. The Morgan fingerprint density at radius 3 is 2.28 bits per heavy atom. The van der Waals surface area contributed by atoms with E-state index in [0.29, 0.717) is 18.0 Å². The van der Waals surface area contributed by atoms with Crippen molar-refractivity contribution in [3.63, 3.8) is 0 Å². The average Bonchev–Trinajstić information content (AvgIpc) is 3.05. The molecule has 0 saturated carbocycles. The van der Waals surface area contributed by atoms with Crippen molar-refractivity contribution in [3.05, 3.63) is 57.2 Å². The SMILES string of the molecule is CC(C)N(C)S(=O)(=O)N(Cc1ccc(Cl)cc1)C(C)Cc1cccs1. The third kappa shape index (κ3) is 5.28. The fourth-order valence-electron chi connectivity index (χ4n) is 2.49. The molecule has 138 valence electrons. The zero-order valence-corrected chi connectivity index (χ0v) is 17.4. The van der Waals surface area contributed by atoms with Crippen molar-refractivity contribution in [2.75, 3.05) is 7.05 Å². The molecule has 0 fully saturated rings. The van der Waals surface area contributed by atoms with Crippen molar-refractivity contribution in [1.29, 1.82) is 0 Å². The predicted octanol–water partition coefficient (Wildman–Crippen LogP) is 4.42. The van der Waals surface area contributed by atoms with Crippen LogP contribution in [-0.2, 0) is 23.2 Å². The lowest BCUT2D eigenvalue weighted by Crippen LogP contribution is -2.48. The predicted molar refractivity (Wildman–Crippen MR) is 106 cm³/mol. The van der Waals surface area contributed by atoms with Crippen molar-refractivity contribution >= 4 is 33.1 Å². The minimum atomic E-state index is -3.57. The Kier molecular flexibility index (Phi) is 7.05. The Labute approximate surface area is 160 Å². The van der Waals surface area contributed by atoms with Gasteiger partial charge in [0.25, 0.3) is 10.2 Å². The molecule has 1 aromatic heterocycles. The third-order valence-corrected chi connectivity index (χ3v) is 7.59. The maximum absolute atomic E-state index is 13.1. The Morgan fingerprint density at radius 1 is 1.12 bits per heavy atom. The lowest BCUT2D eigenvalue weighted by atomic mass is 10.1. The van der Waals surface area contributed by atoms with E-state index < -0.39 is 10.2 Å². The lowest BCUT2D eigenvalue weighted by molar-refractivity contribution is 0.285. The van der Waals surface area contributed by atoms with Crippen LogP contribution in [0, 0.1) is 0 Å². The molecule has 0 N–H and O–H groups in total. The number of hydrogen-bond acceptors (Lipinski definition) is 3. The average molecular weight is 401 g/mol. The smallest absolute Gasteiger partial charge is 0.195 e. The van der Waals surface area contributed by atoms with Gasteiger partial charge in [0.05, 0.1) is 0 Å². The van der Waals surface area contributed by atoms with E-state index in [4.69, 9.17) is 11.6 Å². The molecular formula is C18H25ClN2O2S2. The van der Waals surface area contributed by atoms with Crippen LogP contribution in [0.4, 0.5) is 0 Å². The molecule has 7 heteroatoms. The number of halogens is 1. The van der Waals surface area contributed by atoms with Crippen LogP contribution < -0.4 is 0 Å². The molecule has 1 unspecified atom stereocenters. The van der Waals surface area contributed by atoms with Crippen molar-refractivity contribution in [2.45, 2.75) is 45.8 Å². The Morgan fingerprint density at radius 2 is 1.76 bits per heavy atom. The minimum Gasteiger partial charge on any atom is -0.195 e. The quantitative estimate of drug-likeness (QED) is 0.658. The van der Waals surface area contributed by atoms with Gasteiger partial charge in [0.15, 0.2) is 0 Å². The first-order chi connectivity index (χ1) is 11.7. The fraction of sp³-hybridized carbons (Fsp3) is 0.444. The van der Waals surface area contributed by atoms with Crippen LogP contribution in [-0.4, -0.2) is 36.2 Å². The van der Waals surface area contributed by atoms with Crippen LogP contribution in [0.1, 0.15) is 31.2 Å². The van der Waals surface area contributed by atoms with E-state index in [1.54, 1.807) is 34.8 Å². The molecule has 0 aliphatic heterocycles. The van der Waals surface area contributed by atoms with Crippen molar-refractivity contribution in [1.82, 2.24) is 8.61 Å². The fourth-order valence-corrected chi connectivity index (χ4v) is 5.15. The summed E-state index contributed by atoms with van der Waals surface area (Å²) in [6.45, 7) is 6.04. The summed E-state index contributed by atoms with van der Waals surface area (Å²) in [5, 5.41) is 2.66. The second-order valence-corrected chi connectivity index (χ2v) is 9.83. The summed E-state index contributed by atoms with van der Waals surface area (Å²) in [5.41, 5.74) is 0.920. The number of benzene rings is 1. The summed E-state index contributed by atoms with van der Waals surface area (Å²) in [6.07, 6.45) is 0.691. The van der Waals surface area contributed by atoms with Crippen LogP contribution in [0.15, 0.2) is 41.8 Å². The van der Waals surface area contributed by atoms with Gasteiger partial charge in [0.1, 0.15) is 0 Å².